The molecule has 0 bridgehead atoms. The molecule has 0 saturated heterocycles. The predicted octanol–water partition coefficient (Wildman–Crippen LogP) is 0.112. The SMILES string of the molecule is CN(CCN)C(=O)c1ccccn1. The number of rotatable bonds is 3. The minimum absolute atomic E-state index is 0.0916. The number of likely N-dealkylation sites (N-methyl/N-ethyl adjacent to an activating group) is 1. The van der Waals surface area contributed by atoms with Crippen molar-refractivity contribution in [1.82, 2.24) is 9.88 Å². The van der Waals surface area contributed by atoms with E-state index in [1.54, 1.807) is 36.3 Å². The molecule has 4 heteroatoms. The highest BCUT2D eigenvalue weighted by Gasteiger charge is 2.10. The van der Waals surface area contributed by atoms with Crippen molar-refractivity contribution >= 4 is 5.91 Å². The number of carbonyl (C=O) groups is 1. The number of nitrogens with two attached hydrogens (primary N) is 1. The molecule has 0 radical (unpaired) electrons. The lowest BCUT2D eigenvalue weighted by Crippen LogP contribution is -2.32. The van der Waals surface area contributed by atoms with Crippen LogP contribution in [0.3, 0.4) is 0 Å². The third kappa shape index (κ3) is 2.52. The summed E-state index contributed by atoms with van der Waals surface area (Å²) < 4.78 is 0. The molecule has 13 heavy (non-hydrogen) atoms. The highest BCUT2D eigenvalue weighted by Crippen LogP contribution is 1.97. The molecule has 0 aromatic carbocycles. The van der Waals surface area contributed by atoms with Gasteiger partial charge >= 0.3 is 0 Å². The van der Waals surface area contributed by atoms with E-state index in [1.807, 2.05) is 0 Å². The first kappa shape index (κ1) is 9.67. The van der Waals surface area contributed by atoms with Crippen molar-refractivity contribution in [3.8, 4) is 0 Å². The fraction of sp³-hybridized carbons (Fsp3) is 0.333. The zero-order chi connectivity index (χ0) is 9.68. The molecule has 1 aromatic heterocycles. The molecule has 2 N–H and O–H groups in total. The lowest BCUT2D eigenvalue weighted by atomic mass is 10.3. The Hall–Kier alpha value is -1.42. The predicted molar refractivity (Wildman–Crippen MR) is 50.3 cm³/mol. The number of amides is 1. The quantitative estimate of drug-likeness (QED) is 0.716. The van der Waals surface area contributed by atoms with Crippen molar-refractivity contribution in [3.05, 3.63) is 30.1 Å². The zero-order valence-corrected chi connectivity index (χ0v) is 7.60. The van der Waals surface area contributed by atoms with E-state index in [0.717, 1.165) is 0 Å². The molecule has 1 heterocycles. The largest absolute Gasteiger partial charge is 0.339 e. The summed E-state index contributed by atoms with van der Waals surface area (Å²) in [6.45, 7) is 1.02. The third-order valence-corrected chi connectivity index (χ3v) is 1.70. The second-order valence-corrected chi connectivity index (χ2v) is 2.73. The monoisotopic (exact) mass is 179 g/mol. The van der Waals surface area contributed by atoms with Gasteiger partial charge in [0.15, 0.2) is 0 Å². The van der Waals surface area contributed by atoms with Gasteiger partial charge < -0.3 is 10.6 Å². The molecule has 1 rings (SSSR count). The minimum Gasteiger partial charge on any atom is -0.339 e. The first-order valence-electron chi connectivity index (χ1n) is 4.12. The smallest absolute Gasteiger partial charge is 0.272 e. The third-order valence-electron chi connectivity index (χ3n) is 1.70. The number of carbonyl (C=O) groups excluding carboxylic acids is 1. The highest BCUT2D eigenvalue weighted by atomic mass is 16.2. The van der Waals surface area contributed by atoms with Gasteiger partial charge in [0.05, 0.1) is 0 Å². The summed E-state index contributed by atoms with van der Waals surface area (Å²) in [4.78, 5) is 17.1. The number of hydrogen-bond acceptors (Lipinski definition) is 3. The Morgan fingerprint density at radius 2 is 2.38 bits per heavy atom. The van der Waals surface area contributed by atoms with Gasteiger partial charge in [0.1, 0.15) is 5.69 Å². The Labute approximate surface area is 77.4 Å². The van der Waals surface area contributed by atoms with E-state index in [9.17, 15) is 4.79 Å². The van der Waals surface area contributed by atoms with E-state index >= 15 is 0 Å². The van der Waals surface area contributed by atoms with Crippen LogP contribution < -0.4 is 5.73 Å². The van der Waals surface area contributed by atoms with Crippen molar-refractivity contribution in [2.45, 2.75) is 0 Å². The number of nitrogens with zero attached hydrogens (tertiary/aromatic N) is 2. The molecule has 0 fully saturated rings. The molecular weight excluding hydrogens is 166 g/mol. The molecule has 0 aliphatic heterocycles. The van der Waals surface area contributed by atoms with Crippen LogP contribution in [0.15, 0.2) is 24.4 Å². The van der Waals surface area contributed by atoms with Crippen LogP contribution in [0.4, 0.5) is 0 Å². The Balaban J connectivity index is 2.68. The molecular formula is C9H13N3O. The van der Waals surface area contributed by atoms with Crippen LogP contribution in [-0.4, -0.2) is 35.9 Å². The van der Waals surface area contributed by atoms with Crippen LogP contribution in [-0.2, 0) is 0 Å². The van der Waals surface area contributed by atoms with Crippen LogP contribution >= 0.6 is 0 Å². The number of pyridine rings is 1. The van der Waals surface area contributed by atoms with E-state index in [2.05, 4.69) is 4.98 Å². The van der Waals surface area contributed by atoms with E-state index in [1.165, 1.54) is 0 Å². The summed E-state index contributed by atoms with van der Waals surface area (Å²) in [5.74, 6) is -0.0916. The molecule has 0 unspecified atom stereocenters. The average molecular weight is 179 g/mol. The maximum atomic E-state index is 11.5. The van der Waals surface area contributed by atoms with Crippen molar-refractivity contribution < 1.29 is 4.79 Å². The molecule has 0 atom stereocenters. The standard InChI is InChI=1S/C9H13N3O/c1-12(7-5-10)9(13)8-4-2-3-6-11-8/h2-4,6H,5,7,10H2,1H3. The fourth-order valence-electron chi connectivity index (χ4n) is 0.980. The van der Waals surface area contributed by atoms with Crippen LogP contribution in [0.2, 0.25) is 0 Å². The van der Waals surface area contributed by atoms with E-state index < -0.39 is 0 Å². The maximum absolute atomic E-state index is 11.5. The fourth-order valence-corrected chi connectivity index (χ4v) is 0.980. The molecule has 70 valence electrons. The minimum atomic E-state index is -0.0916. The topological polar surface area (TPSA) is 59.2 Å². The van der Waals surface area contributed by atoms with Gasteiger partial charge in [-0.2, -0.15) is 0 Å². The zero-order valence-electron chi connectivity index (χ0n) is 7.60. The molecule has 0 spiro atoms. The first-order valence-corrected chi connectivity index (χ1v) is 4.12. The van der Waals surface area contributed by atoms with E-state index in [-0.39, 0.29) is 5.91 Å². The Morgan fingerprint density at radius 3 is 2.92 bits per heavy atom. The number of hydrogen-bond donors (Lipinski definition) is 1. The molecule has 1 amide bonds. The van der Waals surface area contributed by atoms with Gasteiger partial charge in [0, 0.05) is 26.3 Å². The van der Waals surface area contributed by atoms with Crippen LogP contribution in [0.25, 0.3) is 0 Å². The van der Waals surface area contributed by atoms with Gasteiger partial charge in [0.25, 0.3) is 5.91 Å². The summed E-state index contributed by atoms with van der Waals surface area (Å²) in [6.07, 6.45) is 1.60. The van der Waals surface area contributed by atoms with Crippen molar-refractivity contribution in [2.24, 2.45) is 5.73 Å². The van der Waals surface area contributed by atoms with Crippen molar-refractivity contribution in [3.63, 3.8) is 0 Å². The van der Waals surface area contributed by atoms with Gasteiger partial charge in [-0.1, -0.05) is 6.07 Å². The Bertz CT molecular complexity index is 273. The Morgan fingerprint density at radius 1 is 1.62 bits per heavy atom. The molecule has 0 aliphatic carbocycles. The van der Waals surface area contributed by atoms with Crippen LogP contribution in [0.1, 0.15) is 10.5 Å². The lowest BCUT2D eigenvalue weighted by Gasteiger charge is -2.14. The van der Waals surface area contributed by atoms with Gasteiger partial charge in [-0.3, -0.25) is 9.78 Å². The van der Waals surface area contributed by atoms with Crippen molar-refractivity contribution in [1.29, 1.82) is 0 Å². The highest BCUT2D eigenvalue weighted by molar-refractivity contribution is 5.91. The van der Waals surface area contributed by atoms with Gasteiger partial charge in [-0.15, -0.1) is 0 Å². The first-order chi connectivity index (χ1) is 6.25. The Kier molecular flexibility index (Phi) is 3.40. The number of aromatic nitrogens is 1. The molecule has 1 aromatic rings. The summed E-state index contributed by atoms with van der Waals surface area (Å²) in [7, 11) is 1.71. The second-order valence-electron chi connectivity index (χ2n) is 2.73. The molecule has 0 aliphatic rings. The normalized spacial score (nSPS) is 9.69. The molecule has 4 nitrogen and oxygen atoms in total. The molecule has 0 saturated carbocycles. The summed E-state index contributed by atoms with van der Waals surface area (Å²) in [5, 5.41) is 0. The second kappa shape index (κ2) is 4.57. The van der Waals surface area contributed by atoms with Crippen LogP contribution in [0.5, 0.6) is 0 Å². The van der Waals surface area contributed by atoms with E-state index in [4.69, 9.17) is 5.73 Å². The van der Waals surface area contributed by atoms with Gasteiger partial charge in [-0.05, 0) is 12.1 Å². The van der Waals surface area contributed by atoms with E-state index in [0.29, 0.717) is 18.8 Å². The average Bonchev–Trinajstić information content (AvgIpc) is 2.18. The summed E-state index contributed by atoms with van der Waals surface area (Å²) in [5.41, 5.74) is 5.79. The maximum Gasteiger partial charge on any atom is 0.272 e. The van der Waals surface area contributed by atoms with Crippen molar-refractivity contribution in [2.75, 3.05) is 20.1 Å². The van der Waals surface area contributed by atoms with Gasteiger partial charge in [-0.25, -0.2) is 0 Å². The lowest BCUT2D eigenvalue weighted by molar-refractivity contribution is 0.0793. The summed E-state index contributed by atoms with van der Waals surface area (Å²) >= 11 is 0. The van der Waals surface area contributed by atoms with Crippen LogP contribution in [0, 0.1) is 0 Å². The van der Waals surface area contributed by atoms with Gasteiger partial charge in [0.2, 0.25) is 0 Å². The summed E-state index contributed by atoms with van der Waals surface area (Å²) in [6, 6.07) is 5.26.